The van der Waals surface area contributed by atoms with Crippen LogP contribution in [0.5, 0.6) is 0 Å². The third-order valence-electron chi connectivity index (χ3n) is 5.70. The van der Waals surface area contributed by atoms with Gasteiger partial charge in [0.25, 0.3) is 0 Å². The average molecular weight is 462 g/mol. The summed E-state index contributed by atoms with van der Waals surface area (Å²) >= 11 is 6.72. The molecule has 0 fully saturated rings. The summed E-state index contributed by atoms with van der Waals surface area (Å²) in [5.41, 5.74) is 6.54. The summed E-state index contributed by atoms with van der Waals surface area (Å²) in [5, 5.41) is 8.39. The van der Waals surface area contributed by atoms with Gasteiger partial charge in [-0.2, -0.15) is 5.10 Å². The van der Waals surface area contributed by atoms with Gasteiger partial charge in [-0.1, -0.05) is 23.7 Å². The van der Waals surface area contributed by atoms with Crippen molar-refractivity contribution in [3.63, 3.8) is 0 Å². The lowest BCUT2D eigenvalue weighted by molar-refractivity contribution is 0.628. The number of hydrogen-bond acceptors (Lipinski definition) is 5. The fraction of sp³-hybridized carbons (Fsp3) is 0.167. The minimum atomic E-state index is -0.308. The molecule has 5 aromatic rings. The van der Waals surface area contributed by atoms with Gasteiger partial charge in [0.2, 0.25) is 0 Å². The van der Waals surface area contributed by atoms with E-state index in [4.69, 9.17) is 11.6 Å². The molecule has 0 radical (unpaired) electrons. The fourth-order valence-electron chi connectivity index (χ4n) is 4.13. The molecule has 0 aliphatic heterocycles. The molecule has 3 aromatic heterocycles. The van der Waals surface area contributed by atoms with E-state index in [-0.39, 0.29) is 11.9 Å². The lowest BCUT2D eigenvalue weighted by Gasteiger charge is -2.24. The standard InChI is InChI=1S/C24H21ClFN7/c1-13-19(25)8-18(14(2)32-24-22-23(28-11-27-22)29-12-30-24)21(15-5-4-6-17(26)7-15)20(13)16-9-31-33(3)10-16/h4-12,14H,1-3H3,(H2,27,28,29,30,32). The summed E-state index contributed by atoms with van der Waals surface area (Å²) in [6.07, 6.45) is 6.78. The van der Waals surface area contributed by atoms with Gasteiger partial charge in [0.15, 0.2) is 11.5 Å². The van der Waals surface area contributed by atoms with Gasteiger partial charge in [0, 0.05) is 23.8 Å². The Morgan fingerprint density at radius 3 is 2.73 bits per heavy atom. The smallest absolute Gasteiger partial charge is 0.162 e. The molecular weight excluding hydrogens is 441 g/mol. The fourth-order valence-corrected chi connectivity index (χ4v) is 4.34. The maximum atomic E-state index is 14.3. The summed E-state index contributed by atoms with van der Waals surface area (Å²) in [6, 6.07) is 8.28. The van der Waals surface area contributed by atoms with E-state index < -0.39 is 0 Å². The lowest BCUT2D eigenvalue weighted by Crippen LogP contribution is -2.11. The van der Waals surface area contributed by atoms with E-state index >= 15 is 0 Å². The summed E-state index contributed by atoms with van der Waals surface area (Å²) in [6.45, 7) is 3.98. The maximum Gasteiger partial charge on any atom is 0.162 e. The first-order valence-electron chi connectivity index (χ1n) is 10.4. The predicted molar refractivity (Wildman–Crippen MR) is 128 cm³/mol. The van der Waals surface area contributed by atoms with E-state index in [1.54, 1.807) is 23.3 Å². The number of aromatic amines is 1. The Labute approximate surface area is 194 Å². The number of benzene rings is 2. The van der Waals surface area contributed by atoms with Gasteiger partial charge >= 0.3 is 0 Å². The molecule has 0 saturated carbocycles. The van der Waals surface area contributed by atoms with Crippen molar-refractivity contribution in [2.24, 2.45) is 7.05 Å². The van der Waals surface area contributed by atoms with Crippen molar-refractivity contribution in [1.29, 1.82) is 0 Å². The normalized spacial score (nSPS) is 12.3. The van der Waals surface area contributed by atoms with Crippen LogP contribution in [0.25, 0.3) is 33.4 Å². The van der Waals surface area contributed by atoms with Crippen LogP contribution in [0.4, 0.5) is 10.2 Å². The summed E-state index contributed by atoms with van der Waals surface area (Å²) < 4.78 is 16.0. The third kappa shape index (κ3) is 3.82. The van der Waals surface area contributed by atoms with Crippen LogP contribution in [0, 0.1) is 12.7 Å². The molecule has 0 saturated heterocycles. The van der Waals surface area contributed by atoms with E-state index in [1.807, 2.05) is 39.2 Å². The molecule has 0 bridgehead atoms. The third-order valence-corrected chi connectivity index (χ3v) is 6.09. The van der Waals surface area contributed by atoms with Crippen molar-refractivity contribution in [2.45, 2.75) is 19.9 Å². The summed E-state index contributed by atoms with van der Waals surface area (Å²) in [5.74, 6) is 0.288. The summed E-state index contributed by atoms with van der Waals surface area (Å²) in [7, 11) is 1.86. The van der Waals surface area contributed by atoms with Crippen LogP contribution in [0.15, 0.2) is 55.4 Å². The number of aromatic nitrogens is 6. The van der Waals surface area contributed by atoms with E-state index in [1.165, 1.54) is 18.5 Å². The molecule has 166 valence electrons. The minimum absolute atomic E-state index is 0.230. The molecule has 1 atom stereocenters. The second-order valence-electron chi connectivity index (χ2n) is 7.92. The van der Waals surface area contributed by atoms with Gasteiger partial charge in [0.1, 0.15) is 17.7 Å². The van der Waals surface area contributed by atoms with Gasteiger partial charge in [-0.05, 0) is 59.9 Å². The molecule has 2 aromatic carbocycles. The number of nitrogens with one attached hydrogen (secondary N) is 2. The van der Waals surface area contributed by atoms with Crippen molar-refractivity contribution in [3.8, 4) is 22.3 Å². The Morgan fingerprint density at radius 2 is 1.97 bits per heavy atom. The predicted octanol–water partition coefficient (Wildman–Crippen LogP) is 5.69. The molecule has 5 rings (SSSR count). The van der Waals surface area contributed by atoms with Crippen LogP contribution < -0.4 is 5.32 Å². The SMILES string of the molecule is Cc1c(Cl)cc(C(C)Nc2ncnc3[nH]cnc23)c(-c2cccc(F)c2)c1-c1cnn(C)c1. The Hall–Kier alpha value is -3.78. The molecule has 3 heterocycles. The van der Waals surface area contributed by atoms with Crippen molar-refractivity contribution >= 4 is 28.6 Å². The zero-order chi connectivity index (χ0) is 23.1. The molecule has 0 aliphatic rings. The maximum absolute atomic E-state index is 14.3. The number of nitrogens with zero attached hydrogens (tertiary/aromatic N) is 5. The number of H-pyrrole nitrogens is 1. The largest absolute Gasteiger partial charge is 0.362 e. The molecule has 0 aliphatic carbocycles. The van der Waals surface area contributed by atoms with Gasteiger partial charge < -0.3 is 10.3 Å². The monoisotopic (exact) mass is 461 g/mol. The van der Waals surface area contributed by atoms with E-state index in [0.29, 0.717) is 22.0 Å². The molecular formula is C24H21ClFN7. The first-order chi connectivity index (χ1) is 15.9. The van der Waals surface area contributed by atoms with Gasteiger partial charge in [0.05, 0.1) is 18.6 Å². The highest BCUT2D eigenvalue weighted by Crippen LogP contribution is 2.43. The Bertz CT molecular complexity index is 1470. The highest BCUT2D eigenvalue weighted by atomic mass is 35.5. The first kappa shape index (κ1) is 21.1. The first-order valence-corrected chi connectivity index (χ1v) is 10.8. The van der Waals surface area contributed by atoms with E-state index in [9.17, 15) is 4.39 Å². The average Bonchev–Trinajstić information content (AvgIpc) is 3.44. The van der Waals surface area contributed by atoms with Gasteiger partial charge in [-0.3, -0.25) is 4.68 Å². The summed E-state index contributed by atoms with van der Waals surface area (Å²) in [4.78, 5) is 15.9. The van der Waals surface area contributed by atoms with Crippen molar-refractivity contribution in [2.75, 3.05) is 5.32 Å². The minimum Gasteiger partial charge on any atom is -0.362 e. The van der Waals surface area contributed by atoms with Crippen molar-refractivity contribution < 1.29 is 4.39 Å². The molecule has 0 amide bonds. The molecule has 2 N–H and O–H groups in total. The molecule has 0 spiro atoms. The van der Waals surface area contributed by atoms with Gasteiger partial charge in [-0.15, -0.1) is 0 Å². The molecule has 33 heavy (non-hydrogen) atoms. The number of fused-ring (bicyclic) bond motifs is 1. The number of anilines is 1. The van der Waals surface area contributed by atoms with E-state index in [2.05, 4.69) is 30.4 Å². The molecule has 7 nitrogen and oxygen atoms in total. The Balaban J connectivity index is 1.72. The highest BCUT2D eigenvalue weighted by Gasteiger charge is 2.23. The Morgan fingerprint density at radius 1 is 1.12 bits per heavy atom. The highest BCUT2D eigenvalue weighted by molar-refractivity contribution is 6.32. The number of aryl methyl sites for hydroxylation is 1. The zero-order valence-electron chi connectivity index (χ0n) is 18.3. The van der Waals surface area contributed by atoms with Crippen LogP contribution in [0.2, 0.25) is 5.02 Å². The topological polar surface area (TPSA) is 84.3 Å². The second-order valence-corrected chi connectivity index (χ2v) is 8.33. The van der Waals surface area contributed by atoms with Crippen molar-refractivity contribution in [3.05, 3.63) is 77.3 Å². The van der Waals surface area contributed by atoms with E-state index in [0.717, 1.165) is 33.4 Å². The molecule has 1 unspecified atom stereocenters. The number of rotatable bonds is 5. The Kier molecular flexibility index (Phi) is 5.30. The van der Waals surface area contributed by atoms with Crippen LogP contribution in [0.1, 0.15) is 24.1 Å². The van der Waals surface area contributed by atoms with Crippen molar-refractivity contribution in [1.82, 2.24) is 29.7 Å². The number of halogens is 2. The zero-order valence-corrected chi connectivity index (χ0v) is 19.0. The van der Waals surface area contributed by atoms with Crippen LogP contribution >= 0.6 is 11.6 Å². The van der Waals surface area contributed by atoms with Crippen LogP contribution in [0.3, 0.4) is 0 Å². The molecule has 9 heteroatoms. The number of imidazole rings is 1. The van der Waals surface area contributed by atoms with Crippen LogP contribution in [-0.2, 0) is 7.05 Å². The number of hydrogen-bond donors (Lipinski definition) is 2. The van der Waals surface area contributed by atoms with Gasteiger partial charge in [-0.25, -0.2) is 19.3 Å². The van der Waals surface area contributed by atoms with Crippen LogP contribution in [-0.4, -0.2) is 29.7 Å². The lowest BCUT2D eigenvalue weighted by atomic mass is 9.86. The quantitative estimate of drug-likeness (QED) is 0.351. The second kappa shape index (κ2) is 8.29.